The summed E-state index contributed by atoms with van der Waals surface area (Å²) in [6.07, 6.45) is 20.2. The normalized spacial score (nSPS) is 49.7. The lowest BCUT2D eigenvalue weighted by Gasteiger charge is -2.64. The second kappa shape index (κ2) is 12.1. The van der Waals surface area contributed by atoms with Gasteiger partial charge in [-0.2, -0.15) is 0 Å². The molecule has 8 aliphatic carbocycles. The molecular weight excluding hydrogens is 636 g/mol. The summed E-state index contributed by atoms with van der Waals surface area (Å²) in [4.78, 5) is 51.6. The van der Waals surface area contributed by atoms with Crippen molar-refractivity contribution >= 4 is 23.5 Å². The molecule has 8 rings (SSSR count). The van der Waals surface area contributed by atoms with Crippen molar-refractivity contribution in [1.82, 2.24) is 0 Å². The fourth-order valence-corrected chi connectivity index (χ4v) is 15.5. The first-order valence-electron chi connectivity index (χ1n) is 20.9. The van der Waals surface area contributed by atoms with E-state index in [1.165, 1.54) is 24.0 Å². The Hall–Kier alpha value is -2.24. The van der Waals surface area contributed by atoms with E-state index in [9.17, 15) is 19.2 Å². The Labute approximate surface area is 306 Å². The standard InChI is InChI=1S/C45H64O6/c1-26(46)33-12-14-35-32-10-8-28-24-30(16-19-41(28,3)36(32)18-20-42(33,35)4)50-39(48)40(49)51-31-17-21-44(6)29(25-31)9-11-38-37-15-13-34(27(2)47)43(37,5)22-23-45(38,44)7/h8-9,30-38H,10-25H2,1-7H3. The first kappa shape index (κ1) is 35.8. The van der Waals surface area contributed by atoms with Gasteiger partial charge in [0.2, 0.25) is 0 Å². The zero-order valence-electron chi connectivity index (χ0n) is 32.6. The summed E-state index contributed by atoms with van der Waals surface area (Å²) in [5.74, 6) is 2.50. The molecule has 6 heteroatoms. The van der Waals surface area contributed by atoms with Crippen LogP contribution in [0.25, 0.3) is 0 Å². The van der Waals surface area contributed by atoms with Gasteiger partial charge in [0.1, 0.15) is 23.8 Å². The van der Waals surface area contributed by atoms with Gasteiger partial charge in [0.05, 0.1) is 0 Å². The van der Waals surface area contributed by atoms with E-state index in [4.69, 9.17) is 9.47 Å². The maximum absolute atomic E-state index is 13.2. The van der Waals surface area contributed by atoms with E-state index in [2.05, 4.69) is 46.8 Å². The predicted octanol–water partition coefficient (Wildman–Crippen LogP) is 9.54. The molecule has 0 aromatic heterocycles. The molecule has 0 N–H and O–H groups in total. The monoisotopic (exact) mass is 700 g/mol. The molecule has 14 unspecified atom stereocenters. The average Bonchev–Trinajstić information content (AvgIpc) is 3.62. The number of fused-ring (bicyclic) bond motifs is 10. The largest absolute Gasteiger partial charge is 0.454 e. The van der Waals surface area contributed by atoms with Gasteiger partial charge in [0.25, 0.3) is 0 Å². The molecule has 0 spiro atoms. The third-order valence-electron chi connectivity index (χ3n) is 18.7. The number of hydrogen-bond donors (Lipinski definition) is 0. The predicted molar refractivity (Wildman–Crippen MR) is 196 cm³/mol. The number of Topliss-reactive ketones (excluding diaryl/α,β-unsaturated/α-hetero) is 2. The second-order valence-electron chi connectivity index (χ2n) is 20.3. The van der Waals surface area contributed by atoms with E-state index < -0.39 is 11.9 Å². The van der Waals surface area contributed by atoms with E-state index in [-0.39, 0.29) is 51.1 Å². The van der Waals surface area contributed by atoms with Crippen LogP contribution in [0.4, 0.5) is 0 Å². The van der Waals surface area contributed by atoms with Gasteiger partial charge in [0, 0.05) is 24.7 Å². The van der Waals surface area contributed by atoms with E-state index in [1.54, 1.807) is 13.8 Å². The molecule has 0 saturated heterocycles. The van der Waals surface area contributed by atoms with Crippen LogP contribution in [0.15, 0.2) is 23.3 Å². The second-order valence-corrected chi connectivity index (χ2v) is 20.3. The molecule has 0 radical (unpaired) electrons. The highest BCUT2D eigenvalue weighted by Gasteiger charge is 2.65. The van der Waals surface area contributed by atoms with Gasteiger partial charge in [-0.15, -0.1) is 0 Å². The van der Waals surface area contributed by atoms with Crippen LogP contribution in [0.1, 0.15) is 151 Å². The fraction of sp³-hybridized carbons (Fsp3) is 0.822. The minimum absolute atomic E-state index is 0.0420. The molecule has 0 bridgehead atoms. The molecule has 0 aliphatic heterocycles. The first-order chi connectivity index (χ1) is 24.0. The summed E-state index contributed by atoms with van der Waals surface area (Å²) >= 11 is 0. The van der Waals surface area contributed by atoms with Crippen LogP contribution >= 0.6 is 0 Å². The number of carbonyl (C=O) groups excluding carboxylic acids is 4. The van der Waals surface area contributed by atoms with E-state index in [0.717, 1.165) is 77.0 Å². The number of esters is 2. The van der Waals surface area contributed by atoms with Gasteiger partial charge in [-0.3, -0.25) is 9.59 Å². The highest BCUT2D eigenvalue weighted by molar-refractivity contribution is 6.29. The van der Waals surface area contributed by atoms with Crippen LogP contribution in [-0.2, 0) is 28.7 Å². The van der Waals surface area contributed by atoms with Crippen molar-refractivity contribution in [2.45, 2.75) is 163 Å². The number of allylic oxidation sites excluding steroid dienone is 2. The summed E-state index contributed by atoms with van der Waals surface area (Å²) in [6, 6.07) is 0. The number of ether oxygens (including phenoxy) is 2. The van der Waals surface area contributed by atoms with E-state index in [0.29, 0.717) is 54.0 Å². The van der Waals surface area contributed by atoms with Crippen molar-refractivity contribution < 1.29 is 28.7 Å². The van der Waals surface area contributed by atoms with Gasteiger partial charge in [0.15, 0.2) is 0 Å². The van der Waals surface area contributed by atoms with E-state index >= 15 is 0 Å². The third kappa shape index (κ3) is 5.12. The van der Waals surface area contributed by atoms with Crippen LogP contribution in [0.5, 0.6) is 0 Å². The molecule has 0 amide bonds. The number of rotatable bonds is 4. The Morgan fingerprint density at radius 2 is 1.14 bits per heavy atom. The fourth-order valence-electron chi connectivity index (χ4n) is 15.5. The maximum Gasteiger partial charge on any atom is 0.417 e. The van der Waals surface area contributed by atoms with Crippen molar-refractivity contribution in [3.63, 3.8) is 0 Å². The topological polar surface area (TPSA) is 86.7 Å². The van der Waals surface area contributed by atoms with Crippen LogP contribution < -0.4 is 0 Å². The van der Waals surface area contributed by atoms with Gasteiger partial charge in [-0.25, -0.2) is 9.59 Å². The van der Waals surface area contributed by atoms with Gasteiger partial charge in [-0.05, 0) is 160 Å². The smallest absolute Gasteiger partial charge is 0.417 e. The highest BCUT2D eigenvalue weighted by Crippen LogP contribution is 2.72. The summed E-state index contributed by atoms with van der Waals surface area (Å²) in [5.41, 5.74) is 3.37. The Morgan fingerprint density at radius 1 is 0.569 bits per heavy atom. The molecule has 0 aromatic rings. The van der Waals surface area contributed by atoms with Gasteiger partial charge < -0.3 is 9.47 Å². The molecule has 280 valence electrons. The van der Waals surface area contributed by atoms with E-state index in [1.807, 2.05) is 0 Å². The summed E-state index contributed by atoms with van der Waals surface area (Å²) < 4.78 is 11.8. The molecule has 51 heavy (non-hydrogen) atoms. The van der Waals surface area contributed by atoms with Crippen LogP contribution in [-0.4, -0.2) is 35.7 Å². The lowest BCUT2D eigenvalue weighted by molar-refractivity contribution is -0.177. The van der Waals surface area contributed by atoms with Crippen LogP contribution in [0, 0.1) is 68.5 Å². The maximum atomic E-state index is 13.2. The molecule has 14 atom stereocenters. The number of ketones is 2. The Balaban J connectivity index is 0.882. The van der Waals surface area contributed by atoms with Crippen LogP contribution in [0.2, 0.25) is 0 Å². The molecular formula is C45H64O6. The van der Waals surface area contributed by atoms with Crippen molar-refractivity contribution in [2.75, 3.05) is 0 Å². The molecule has 0 heterocycles. The summed E-state index contributed by atoms with van der Waals surface area (Å²) in [5, 5.41) is 0. The zero-order chi connectivity index (χ0) is 36.3. The zero-order valence-corrected chi connectivity index (χ0v) is 32.6. The first-order valence-corrected chi connectivity index (χ1v) is 20.9. The van der Waals surface area contributed by atoms with Crippen molar-refractivity contribution in [3.05, 3.63) is 23.3 Å². The minimum atomic E-state index is -0.836. The third-order valence-corrected chi connectivity index (χ3v) is 18.7. The van der Waals surface area contributed by atoms with Crippen molar-refractivity contribution in [3.8, 4) is 0 Å². The lowest BCUT2D eigenvalue weighted by Crippen LogP contribution is -2.57. The van der Waals surface area contributed by atoms with Crippen molar-refractivity contribution in [1.29, 1.82) is 0 Å². The number of hydrogen-bond acceptors (Lipinski definition) is 6. The van der Waals surface area contributed by atoms with Gasteiger partial charge >= 0.3 is 11.9 Å². The summed E-state index contributed by atoms with van der Waals surface area (Å²) in [7, 11) is 0. The molecule has 6 fully saturated rings. The summed E-state index contributed by atoms with van der Waals surface area (Å²) in [6.45, 7) is 15.8. The van der Waals surface area contributed by atoms with Crippen LogP contribution in [0.3, 0.4) is 0 Å². The Bertz CT molecular complexity index is 1570. The minimum Gasteiger partial charge on any atom is -0.454 e. The molecule has 6 nitrogen and oxygen atoms in total. The number of carbonyl (C=O) groups is 4. The van der Waals surface area contributed by atoms with Gasteiger partial charge in [-0.1, -0.05) is 57.9 Å². The quantitative estimate of drug-likeness (QED) is 0.165. The van der Waals surface area contributed by atoms with Crippen molar-refractivity contribution in [2.24, 2.45) is 68.5 Å². The Kier molecular flexibility index (Phi) is 8.51. The Morgan fingerprint density at radius 3 is 1.78 bits per heavy atom. The average molecular weight is 701 g/mol. The molecule has 6 saturated carbocycles. The SMILES string of the molecule is CC(=O)C1CCC2C3CC=C4CC(OC(=O)C(=O)OC5CCC6(C)C(=CCC7C8CCC(C(C)=O)C8(C)CCC76C)C5)CCC4(C)C3CCC12C. The molecule has 8 aliphatic rings. The lowest BCUT2D eigenvalue weighted by atomic mass is 9.40. The highest BCUT2D eigenvalue weighted by atomic mass is 16.6. The molecule has 0 aromatic carbocycles.